The van der Waals surface area contributed by atoms with Gasteiger partial charge in [0.2, 0.25) is 5.95 Å². The average Bonchev–Trinajstić information content (AvgIpc) is 3.33. The van der Waals surface area contributed by atoms with Gasteiger partial charge >= 0.3 is 0 Å². The summed E-state index contributed by atoms with van der Waals surface area (Å²) in [7, 11) is -2.10. The molecule has 11 nitrogen and oxygen atoms in total. The number of H-pyrrole nitrogens is 1. The number of aliphatic hydroxyl groups excluding tert-OH is 2. The minimum atomic E-state index is -2.10. The van der Waals surface area contributed by atoms with Crippen molar-refractivity contribution in [1.29, 1.82) is 0 Å². The van der Waals surface area contributed by atoms with Gasteiger partial charge in [0.25, 0.3) is 11.5 Å². The summed E-state index contributed by atoms with van der Waals surface area (Å²) in [6.07, 6.45) is -3.02. The first-order chi connectivity index (χ1) is 16.4. The van der Waals surface area contributed by atoms with Crippen LogP contribution < -0.4 is 10.9 Å². The number of amides is 1. The van der Waals surface area contributed by atoms with Crippen molar-refractivity contribution in [1.82, 2.24) is 19.5 Å². The lowest BCUT2D eigenvalue weighted by molar-refractivity contribution is -0.0491. The summed E-state index contributed by atoms with van der Waals surface area (Å²) in [6, 6.07) is 8.49. The second-order valence-corrected chi connectivity index (χ2v) is 15.0. The molecular formula is C23H31N5O6Si. The number of hydrogen-bond acceptors (Lipinski definition) is 8. The normalized spacial score (nSPS) is 23.1. The molecule has 0 saturated carbocycles. The first-order valence-electron chi connectivity index (χ1n) is 11.4. The first-order valence-corrected chi connectivity index (χ1v) is 14.3. The number of carbonyl (C=O) groups is 1. The third-order valence-electron chi connectivity index (χ3n) is 6.73. The van der Waals surface area contributed by atoms with E-state index in [0.717, 1.165) is 0 Å². The third kappa shape index (κ3) is 4.93. The molecule has 3 heterocycles. The molecule has 1 aromatic carbocycles. The highest BCUT2D eigenvalue weighted by Gasteiger charge is 2.46. The number of hydrogen-bond donors (Lipinski definition) is 4. The molecule has 4 atom stereocenters. The number of benzene rings is 1. The van der Waals surface area contributed by atoms with Crippen LogP contribution >= 0.6 is 0 Å². The van der Waals surface area contributed by atoms with Crippen LogP contribution in [-0.4, -0.2) is 68.9 Å². The molecule has 188 valence electrons. The summed E-state index contributed by atoms with van der Waals surface area (Å²) in [5.41, 5.74) is -0.0674. The van der Waals surface area contributed by atoms with Crippen LogP contribution in [0.1, 0.15) is 37.4 Å². The number of imidazole rings is 1. The van der Waals surface area contributed by atoms with Crippen LogP contribution in [0, 0.1) is 0 Å². The highest BCUT2D eigenvalue weighted by molar-refractivity contribution is 6.74. The minimum Gasteiger partial charge on any atom is -0.414 e. The lowest BCUT2D eigenvalue weighted by Gasteiger charge is -2.37. The second-order valence-electron chi connectivity index (χ2n) is 10.2. The molecule has 1 saturated heterocycles. The van der Waals surface area contributed by atoms with Gasteiger partial charge in [0, 0.05) is 5.56 Å². The molecule has 2 aromatic heterocycles. The number of carbonyl (C=O) groups excluding carboxylic acids is 1. The van der Waals surface area contributed by atoms with Crippen LogP contribution in [0.5, 0.6) is 0 Å². The molecule has 0 bridgehead atoms. The van der Waals surface area contributed by atoms with E-state index in [1.807, 2.05) is 0 Å². The zero-order valence-electron chi connectivity index (χ0n) is 20.3. The van der Waals surface area contributed by atoms with E-state index < -0.39 is 44.3 Å². The molecule has 3 aromatic rings. The van der Waals surface area contributed by atoms with Gasteiger partial charge in [-0.15, -0.1) is 0 Å². The van der Waals surface area contributed by atoms with Crippen LogP contribution in [-0.2, 0) is 9.16 Å². The van der Waals surface area contributed by atoms with Crippen LogP contribution in [0.4, 0.5) is 5.95 Å². The van der Waals surface area contributed by atoms with Gasteiger partial charge in [-0.1, -0.05) is 39.0 Å². The monoisotopic (exact) mass is 501 g/mol. The van der Waals surface area contributed by atoms with Gasteiger partial charge in [-0.25, -0.2) is 4.98 Å². The van der Waals surface area contributed by atoms with E-state index in [-0.39, 0.29) is 28.8 Å². The number of nitrogens with one attached hydrogen (secondary N) is 2. The van der Waals surface area contributed by atoms with E-state index in [9.17, 15) is 19.8 Å². The zero-order chi connectivity index (χ0) is 25.5. The maximum atomic E-state index is 12.6. The number of aromatic amines is 1. The summed E-state index contributed by atoms with van der Waals surface area (Å²) in [5.74, 6) is -0.529. The van der Waals surface area contributed by atoms with E-state index in [4.69, 9.17) is 9.16 Å². The van der Waals surface area contributed by atoms with Gasteiger partial charge < -0.3 is 19.4 Å². The number of rotatable bonds is 6. The van der Waals surface area contributed by atoms with Crippen LogP contribution in [0.25, 0.3) is 11.2 Å². The summed E-state index contributed by atoms with van der Waals surface area (Å²) < 4.78 is 13.5. The highest BCUT2D eigenvalue weighted by Crippen LogP contribution is 2.38. The van der Waals surface area contributed by atoms with Crippen molar-refractivity contribution in [2.45, 2.75) is 63.4 Å². The summed E-state index contributed by atoms with van der Waals surface area (Å²) in [6.45, 7) is 10.6. The number of aliphatic hydroxyl groups is 2. The van der Waals surface area contributed by atoms with Crippen molar-refractivity contribution in [2.24, 2.45) is 0 Å². The molecule has 0 aliphatic carbocycles. The maximum absolute atomic E-state index is 12.6. The Morgan fingerprint density at radius 2 is 1.91 bits per heavy atom. The second kappa shape index (κ2) is 9.28. The Balaban J connectivity index is 1.57. The van der Waals surface area contributed by atoms with E-state index in [2.05, 4.69) is 54.1 Å². The number of ether oxygens (including phenoxy) is 1. The summed E-state index contributed by atoms with van der Waals surface area (Å²) >= 11 is 0. The molecule has 1 amide bonds. The number of nitrogens with zero attached hydrogens (tertiary/aromatic N) is 3. The summed E-state index contributed by atoms with van der Waals surface area (Å²) in [5, 5.41) is 23.9. The fourth-order valence-corrected chi connectivity index (χ4v) is 4.56. The fraction of sp³-hybridized carbons (Fsp3) is 0.478. The molecule has 0 spiro atoms. The Morgan fingerprint density at radius 3 is 2.57 bits per heavy atom. The van der Waals surface area contributed by atoms with Gasteiger partial charge in [-0.05, 0) is 30.3 Å². The Bertz CT molecular complexity index is 1270. The van der Waals surface area contributed by atoms with Gasteiger partial charge in [-0.3, -0.25) is 24.5 Å². The lowest BCUT2D eigenvalue weighted by Crippen LogP contribution is -2.44. The molecule has 1 fully saturated rings. The number of aromatic nitrogens is 4. The number of anilines is 1. The topological polar surface area (TPSA) is 152 Å². The average molecular weight is 502 g/mol. The molecule has 12 heteroatoms. The lowest BCUT2D eigenvalue weighted by atomic mass is 10.1. The summed E-state index contributed by atoms with van der Waals surface area (Å²) in [4.78, 5) is 36.0. The Morgan fingerprint density at radius 1 is 1.23 bits per heavy atom. The molecular weight excluding hydrogens is 470 g/mol. The van der Waals surface area contributed by atoms with Crippen molar-refractivity contribution in [2.75, 3.05) is 11.9 Å². The standard InChI is InChI=1S/C23H31N5O6Si/c1-23(2,3)35(4,5)33-11-14-16(29)17(30)21(34-14)28-12-24-15-18(28)25-22(27-20(15)32)26-19(31)13-9-7-6-8-10-13/h6-10,12,14,16-17,21,29-30H,11H2,1-5H3,(H2,25,26,27,31,32)/t14-,16-,17-,21-/m1/s1. The predicted octanol–water partition coefficient (Wildman–Crippen LogP) is 2.01. The van der Waals surface area contributed by atoms with E-state index in [0.29, 0.717) is 5.56 Å². The zero-order valence-corrected chi connectivity index (χ0v) is 21.3. The quantitative estimate of drug-likeness (QED) is 0.375. The molecule has 1 aliphatic rings. The van der Waals surface area contributed by atoms with E-state index in [1.54, 1.807) is 30.3 Å². The van der Waals surface area contributed by atoms with Crippen molar-refractivity contribution in [3.05, 3.63) is 52.6 Å². The number of fused-ring (bicyclic) bond motifs is 1. The highest BCUT2D eigenvalue weighted by atomic mass is 28.4. The van der Waals surface area contributed by atoms with Crippen molar-refractivity contribution >= 4 is 31.3 Å². The van der Waals surface area contributed by atoms with Crippen LogP contribution in [0.2, 0.25) is 18.1 Å². The Kier molecular flexibility index (Phi) is 6.68. The van der Waals surface area contributed by atoms with Crippen molar-refractivity contribution < 1.29 is 24.2 Å². The molecule has 0 unspecified atom stereocenters. The fourth-order valence-electron chi connectivity index (χ4n) is 3.54. The molecule has 35 heavy (non-hydrogen) atoms. The van der Waals surface area contributed by atoms with Gasteiger partial charge in [0.05, 0.1) is 12.9 Å². The van der Waals surface area contributed by atoms with Gasteiger partial charge in [0.15, 0.2) is 25.7 Å². The molecule has 0 radical (unpaired) electrons. The van der Waals surface area contributed by atoms with Crippen LogP contribution in [0.15, 0.2) is 41.5 Å². The van der Waals surface area contributed by atoms with Crippen LogP contribution in [0.3, 0.4) is 0 Å². The predicted molar refractivity (Wildman–Crippen MR) is 132 cm³/mol. The van der Waals surface area contributed by atoms with Crippen molar-refractivity contribution in [3.8, 4) is 0 Å². The smallest absolute Gasteiger partial charge is 0.280 e. The molecule has 4 rings (SSSR count). The van der Waals surface area contributed by atoms with Crippen molar-refractivity contribution in [3.63, 3.8) is 0 Å². The van der Waals surface area contributed by atoms with E-state index in [1.165, 1.54) is 10.9 Å². The van der Waals surface area contributed by atoms with Gasteiger partial charge in [-0.2, -0.15) is 4.98 Å². The van der Waals surface area contributed by atoms with Gasteiger partial charge in [0.1, 0.15) is 18.3 Å². The first kappa shape index (κ1) is 25.2. The maximum Gasteiger partial charge on any atom is 0.280 e. The Hall–Kier alpha value is -2.90. The largest absolute Gasteiger partial charge is 0.414 e. The minimum absolute atomic E-state index is 0.00831. The van der Waals surface area contributed by atoms with E-state index >= 15 is 0 Å². The Labute approximate surface area is 203 Å². The molecule has 1 aliphatic heterocycles. The SMILES string of the molecule is CC(C)(C)[Si](C)(C)OC[C@H]1O[C@@H](n2cnc3c(=O)[nH]c(NC(=O)c4ccccc4)nc32)[C@H](O)[C@@H]1O. The third-order valence-corrected chi connectivity index (χ3v) is 11.2. The molecule has 4 N–H and O–H groups in total.